The summed E-state index contributed by atoms with van der Waals surface area (Å²) in [4.78, 5) is 26.4. The van der Waals surface area contributed by atoms with Crippen LogP contribution < -0.4 is 10.6 Å². The molecule has 1 aromatic carbocycles. The Labute approximate surface area is 155 Å². The van der Waals surface area contributed by atoms with Gasteiger partial charge in [0, 0.05) is 43.7 Å². The van der Waals surface area contributed by atoms with Gasteiger partial charge in [-0.05, 0) is 62.1 Å². The topological polar surface area (TPSA) is 61.4 Å². The number of hydrogen-bond acceptors (Lipinski definition) is 3. The standard InChI is InChI=1S/C21H29N3O2/c25-20(13-16-11-18-7-8-19(12-16)22-18)23-17-5-3-4-15(10-17)14-24-9-2-1-6-21(24)26/h3-5,10,16,18-19,22H,1-2,6-9,11-14H2,(H,23,25). The first-order valence-electron chi connectivity index (χ1n) is 10.1. The number of fused-ring (bicyclic) bond motifs is 2. The molecule has 3 aliphatic heterocycles. The zero-order chi connectivity index (χ0) is 17.9. The van der Waals surface area contributed by atoms with Crippen LogP contribution in [0.1, 0.15) is 56.9 Å². The van der Waals surface area contributed by atoms with Crippen LogP contribution in [0, 0.1) is 5.92 Å². The molecule has 4 rings (SSSR count). The summed E-state index contributed by atoms with van der Waals surface area (Å²) in [6.45, 7) is 1.48. The number of nitrogens with one attached hydrogen (secondary N) is 2. The molecule has 3 heterocycles. The van der Waals surface area contributed by atoms with Crippen LogP contribution in [-0.4, -0.2) is 35.3 Å². The van der Waals surface area contributed by atoms with Gasteiger partial charge in [-0.25, -0.2) is 0 Å². The van der Waals surface area contributed by atoms with E-state index in [1.807, 2.05) is 29.2 Å². The first-order valence-corrected chi connectivity index (χ1v) is 10.1. The largest absolute Gasteiger partial charge is 0.338 e. The maximum absolute atomic E-state index is 12.5. The van der Waals surface area contributed by atoms with Crippen molar-refractivity contribution in [3.05, 3.63) is 29.8 Å². The number of anilines is 1. The third-order valence-corrected chi connectivity index (χ3v) is 6.05. The average Bonchev–Trinajstić information content (AvgIpc) is 2.96. The second kappa shape index (κ2) is 7.78. The Morgan fingerprint density at radius 3 is 2.77 bits per heavy atom. The number of nitrogens with zero attached hydrogens (tertiary/aromatic N) is 1. The fourth-order valence-electron chi connectivity index (χ4n) is 4.81. The lowest BCUT2D eigenvalue weighted by atomic mass is 9.89. The Morgan fingerprint density at radius 2 is 2.00 bits per heavy atom. The van der Waals surface area contributed by atoms with E-state index in [1.165, 1.54) is 12.8 Å². The second-order valence-electron chi connectivity index (χ2n) is 8.20. The van der Waals surface area contributed by atoms with Crippen LogP contribution in [0.4, 0.5) is 5.69 Å². The van der Waals surface area contributed by atoms with Crippen LogP contribution in [-0.2, 0) is 16.1 Å². The molecule has 0 saturated carbocycles. The molecule has 1 aromatic rings. The van der Waals surface area contributed by atoms with Crippen molar-refractivity contribution in [3.63, 3.8) is 0 Å². The molecule has 2 amide bonds. The van der Waals surface area contributed by atoms with Crippen molar-refractivity contribution >= 4 is 17.5 Å². The number of carbonyl (C=O) groups excluding carboxylic acids is 2. The first-order chi connectivity index (χ1) is 12.7. The number of carbonyl (C=O) groups is 2. The van der Waals surface area contributed by atoms with Crippen molar-refractivity contribution < 1.29 is 9.59 Å². The highest BCUT2D eigenvalue weighted by Gasteiger charge is 2.34. The third kappa shape index (κ3) is 4.26. The summed E-state index contributed by atoms with van der Waals surface area (Å²) < 4.78 is 0. The summed E-state index contributed by atoms with van der Waals surface area (Å²) in [5.41, 5.74) is 1.92. The van der Waals surface area contributed by atoms with Gasteiger partial charge in [-0.3, -0.25) is 9.59 Å². The number of hydrogen-bond donors (Lipinski definition) is 2. The molecule has 0 aliphatic carbocycles. The molecule has 0 radical (unpaired) electrons. The molecule has 3 fully saturated rings. The van der Waals surface area contributed by atoms with Gasteiger partial charge < -0.3 is 15.5 Å². The van der Waals surface area contributed by atoms with E-state index in [0.29, 0.717) is 37.4 Å². The predicted molar refractivity (Wildman–Crippen MR) is 102 cm³/mol. The number of likely N-dealkylation sites (tertiary alicyclic amines) is 1. The Bertz CT molecular complexity index is 663. The van der Waals surface area contributed by atoms with Crippen LogP contribution in [0.3, 0.4) is 0 Å². The molecule has 2 atom stereocenters. The first kappa shape index (κ1) is 17.5. The van der Waals surface area contributed by atoms with E-state index in [9.17, 15) is 9.59 Å². The van der Waals surface area contributed by atoms with Crippen LogP contribution in [0.25, 0.3) is 0 Å². The van der Waals surface area contributed by atoms with Gasteiger partial charge in [-0.15, -0.1) is 0 Å². The Hall–Kier alpha value is -1.88. The third-order valence-electron chi connectivity index (χ3n) is 6.05. The Kier molecular flexibility index (Phi) is 5.25. The van der Waals surface area contributed by atoms with E-state index in [0.717, 1.165) is 43.5 Å². The highest BCUT2D eigenvalue weighted by atomic mass is 16.2. The van der Waals surface area contributed by atoms with Gasteiger partial charge in [0.25, 0.3) is 0 Å². The van der Waals surface area contributed by atoms with Crippen LogP contribution in [0.2, 0.25) is 0 Å². The summed E-state index contributed by atoms with van der Waals surface area (Å²) in [6, 6.07) is 9.18. The molecule has 0 spiro atoms. The maximum Gasteiger partial charge on any atom is 0.224 e. The lowest BCUT2D eigenvalue weighted by molar-refractivity contribution is -0.133. The number of rotatable bonds is 5. The minimum atomic E-state index is 0.113. The van der Waals surface area contributed by atoms with Crippen molar-refractivity contribution in [2.24, 2.45) is 5.92 Å². The number of benzene rings is 1. The van der Waals surface area contributed by atoms with E-state index in [1.54, 1.807) is 0 Å². The van der Waals surface area contributed by atoms with Gasteiger partial charge in [-0.2, -0.15) is 0 Å². The van der Waals surface area contributed by atoms with Crippen LogP contribution in [0.5, 0.6) is 0 Å². The van der Waals surface area contributed by atoms with Gasteiger partial charge >= 0.3 is 0 Å². The van der Waals surface area contributed by atoms with Crippen molar-refractivity contribution in [2.75, 3.05) is 11.9 Å². The van der Waals surface area contributed by atoms with Crippen molar-refractivity contribution in [3.8, 4) is 0 Å². The van der Waals surface area contributed by atoms with E-state index < -0.39 is 0 Å². The average molecular weight is 355 g/mol. The summed E-state index contributed by atoms with van der Waals surface area (Å²) in [7, 11) is 0. The molecule has 140 valence electrons. The van der Waals surface area contributed by atoms with Gasteiger partial charge in [0.2, 0.25) is 11.8 Å². The smallest absolute Gasteiger partial charge is 0.224 e. The molecule has 3 aliphatic rings. The van der Waals surface area contributed by atoms with E-state index in [-0.39, 0.29) is 11.8 Å². The van der Waals surface area contributed by atoms with Crippen molar-refractivity contribution in [2.45, 2.75) is 70.0 Å². The van der Waals surface area contributed by atoms with Crippen LogP contribution in [0.15, 0.2) is 24.3 Å². The summed E-state index contributed by atoms with van der Waals surface area (Å²) in [6.07, 6.45) is 8.14. The highest BCUT2D eigenvalue weighted by molar-refractivity contribution is 5.91. The molecule has 0 aromatic heterocycles. The molecule has 3 saturated heterocycles. The van der Waals surface area contributed by atoms with Crippen molar-refractivity contribution in [1.29, 1.82) is 0 Å². The minimum Gasteiger partial charge on any atom is -0.338 e. The quantitative estimate of drug-likeness (QED) is 0.853. The van der Waals surface area contributed by atoms with E-state index >= 15 is 0 Å². The lowest BCUT2D eigenvalue weighted by Gasteiger charge is -2.28. The molecule has 5 heteroatoms. The Balaban J connectivity index is 1.31. The zero-order valence-electron chi connectivity index (χ0n) is 15.4. The van der Waals surface area contributed by atoms with Crippen molar-refractivity contribution in [1.82, 2.24) is 10.2 Å². The second-order valence-corrected chi connectivity index (χ2v) is 8.20. The predicted octanol–water partition coefficient (Wildman–Crippen LogP) is 3.06. The fourth-order valence-corrected chi connectivity index (χ4v) is 4.81. The number of amides is 2. The monoisotopic (exact) mass is 355 g/mol. The highest BCUT2D eigenvalue weighted by Crippen LogP contribution is 2.32. The molecule has 26 heavy (non-hydrogen) atoms. The van der Waals surface area contributed by atoms with Gasteiger partial charge in [0.15, 0.2) is 0 Å². The summed E-state index contributed by atoms with van der Waals surface area (Å²) >= 11 is 0. The summed E-state index contributed by atoms with van der Waals surface area (Å²) in [5.74, 6) is 0.858. The number of piperidine rings is 2. The molecule has 5 nitrogen and oxygen atoms in total. The van der Waals surface area contributed by atoms with Gasteiger partial charge in [-0.1, -0.05) is 12.1 Å². The molecule has 2 N–H and O–H groups in total. The minimum absolute atomic E-state index is 0.113. The maximum atomic E-state index is 12.5. The SMILES string of the molecule is O=C(CC1CC2CCC(C1)N2)Nc1cccc(CN2CCCCC2=O)c1. The molecular formula is C21H29N3O2. The molecular weight excluding hydrogens is 326 g/mol. The van der Waals surface area contributed by atoms with E-state index in [2.05, 4.69) is 10.6 Å². The normalized spacial score (nSPS) is 28.2. The Morgan fingerprint density at radius 1 is 1.19 bits per heavy atom. The van der Waals surface area contributed by atoms with Gasteiger partial charge in [0.05, 0.1) is 0 Å². The van der Waals surface area contributed by atoms with Crippen LogP contribution >= 0.6 is 0 Å². The van der Waals surface area contributed by atoms with E-state index in [4.69, 9.17) is 0 Å². The summed E-state index contributed by atoms with van der Waals surface area (Å²) in [5, 5.41) is 6.69. The zero-order valence-corrected chi connectivity index (χ0v) is 15.4. The molecule has 2 unspecified atom stereocenters. The fraction of sp³-hybridized carbons (Fsp3) is 0.619. The van der Waals surface area contributed by atoms with Gasteiger partial charge in [0.1, 0.15) is 0 Å². The lowest BCUT2D eigenvalue weighted by Crippen LogP contribution is -2.39. The molecule has 2 bridgehead atoms.